The molecule has 1 aliphatic heterocycles. The lowest BCUT2D eigenvalue weighted by molar-refractivity contribution is 0.129. The van der Waals surface area contributed by atoms with Gasteiger partial charge in [-0.2, -0.15) is 4.31 Å². The summed E-state index contributed by atoms with van der Waals surface area (Å²) in [5, 5.41) is 0. The van der Waals surface area contributed by atoms with Crippen molar-refractivity contribution in [3.63, 3.8) is 0 Å². The third-order valence-corrected chi connectivity index (χ3v) is 6.54. The SMILES string of the molecule is Cn1c(=O)oc2ccc(S(=O)(=O)N3CCC(Oc4ccncn4)CC3)cc21. The van der Waals surface area contributed by atoms with Gasteiger partial charge in [0, 0.05) is 32.4 Å². The first-order chi connectivity index (χ1) is 12.9. The van der Waals surface area contributed by atoms with Gasteiger partial charge in [0.2, 0.25) is 15.9 Å². The Morgan fingerprint density at radius 3 is 2.70 bits per heavy atom. The zero-order valence-electron chi connectivity index (χ0n) is 14.6. The Balaban J connectivity index is 1.50. The number of rotatable bonds is 4. The van der Waals surface area contributed by atoms with Gasteiger partial charge in [0.1, 0.15) is 12.4 Å². The Morgan fingerprint density at radius 2 is 2.00 bits per heavy atom. The molecule has 0 bridgehead atoms. The molecular formula is C17H18N4O5S. The number of benzene rings is 1. The van der Waals surface area contributed by atoms with Gasteiger partial charge >= 0.3 is 5.76 Å². The summed E-state index contributed by atoms with van der Waals surface area (Å²) in [4.78, 5) is 19.6. The van der Waals surface area contributed by atoms with E-state index in [-0.39, 0.29) is 11.0 Å². The number of oxazole rings is 1. The van der Waals surface area contributed by atoms with Crippen molar-refractivity contribution >= 4 is 21.1 Å². The Morgan fingerprint density at radius 1 is 1.22 bits per heavy atom. The van der Waals surface area contributed by atoms with Crippen LogP contribution >= 0.6 is 0 Å². The minimum Gasteiger partial charge on any atom is -0.474 e. The van der Waals surface area contributed by atoms with Crippen LogP contribution in [0.5, 0.6) is 5.88 Å². The summed E-state index contributed by atoms with van der Waals surface area (Å²) in [5.74, 6) is -0.0418. The highest BCUT2D eigenvalue weighted by Gasteiger charge is 2.30. The number of aromatic nitrogens is 3. The van der Waals surface area contributed by atoms with E-state index in [1.807, 2.05) is 0 Å². The molecule has 1 aromatic carbocycles. The topological polar surface area (TPSA) is 108 Å². The van der Waals surface area contributed by atoms with Crippen LogP contribution in [0.15, 0.2) is 50.9 Å². The molecular weight excluding hydrogens is 372 g/mol. The normalized spacial score (nSPS) is 16.6. The Labute approximate surface area is 155 Å². The van der Waals surface area contributed by atoms with E-state index in [9.17, 15) is 13.2 Å². The van der Waals surface area contributed by atoms with Gasteiger partial charge in [0.05, 0.1) is 10.4 Å². The van der Waals surface area contributed by atoms with Crippen LogP contribution in [0, 0.1) is 0 Å². The van der Waals surface area contributed by atoms with Gasteiger partial charge in [-0.3, -0.25) is 4.57 Å². The molecule has 10 heteroatoms. The smallest absolute Gasteiger partial charge is 0.419 e. The molecule has 0 amide bonds. The van der Waals surface area contributed by atoms with Gasteiger partial charge in [-0.15, -0.1) is 0 Å². The number of piperidine rings is 1. The minimum absolute atomic E-state index is 0.0940. The number of ether oxygens (including phenoxy) is 1. The molecule has 9 nitrogen and oxygen atoms in total. The van der Waals surface area contributed by atoms with E-state index in [4.69, 9.17) is 9.15 Å². The van der Waals surface area contributed by atoms with Crippen LogP contribution in [0.3, 0.4) is 0 Å². The highest BCUT2D eigenvalue weighted by Crippen LogP contribution is 2.25. The van der Waals surface area contributed by atoms with E-state index in [0.717, 1.165) is 0 Å². The van der Waals surface area contributed by atoms with Crippen molar-refractivity contribution in [2.75, 3.05) is 13.1 Å². The summed E-state index contributed by atoms with van der Waals surface area (Å²) >= 11 is 0. The first-order valence-electron chi connectivity index (χ1n) is 8.47. The average molecular weight is 390 g/mol. The fourth-order valence-electron chi connectivity index (χ4n) is 3.13. The van der Waals surface area contributed by atoms with Gasteiger partial charge in [0.15, 0.2) is 5.58 Å². The lowest BCUT2D eigenvalue weighted by Crippen LogP contribution is -2.41. The van der Waals surface area contributed by atoms with E-state index in [0.29, 0.717) is 42.9 Å². The second kappa shape index (κ2) is 6.78. The van der Waals surface area contributed by atoms with Gasteiger partial charge < -0.3 is 9.15 Å². The monoisotopic (exact) mass is 390 g/mol. The predicted molar refractivity (Wildman–Crippen MR) is 95.9 cm³/mol. The molecule has 3 heterocycles. The van der Waals surface area contributed by atoms with Crippen molar-refractivity contribution in [2.45, 2.75) is 23.8 Å². The van der Waals surface area contributed by atoms with Crippen LogP contribution < -0.4 is 10.5 Å². The fraction of sp³-hybridized carbons (Fsp3) is 0.353. The van der Waals surface area contributed by atoms with E-state index in [1.54, 1.807) is 19.3 Å². The van der Waals surface area contributed by atoms with E-state index < -0.39 is 15.8 Å². The number of aryl methyl sites for hydroxylation is 1. The summed E-state index contributed by atoms with van der Waals surface area (Å²) in [6.07, 6.45) is 4.05. The number of nitrogens with zero attached hydrogens (tertiary/aromatic N) is 4. The van der Waals surface area contributed by atoms with Crippen molar-refractivity contribution in [3.8, 4) is 5.88 Å². The number of hydrogen-bond donors (Lipinski definition) is 0. The quantitative estimate of drug-likeness (QED) is 0.658. The van der Waals surface area contributed by atoms with Crippen LogP contribution in [-0.4, -0.2) is 46.5 Å². The number of fused-ring (bicyclic) bond motifs is 1. The van der Waals surface area contributed by atoms with Crippen LogP contribution in [0.25, 0.3) is 11.1 Å². The zero-order valence-corrected chi connectivity index (χ0v) is 15.4. The van der Waals surface area contributed by atoms with Crippen molar-refractivity contribution in [2.24, 2.45) is 7.05 Å². The molecule has 0 atom stereocenters. The highest BCUT2D eigenvalue weighted by atomic mass is 32.2. The maximum absolute atomic E-state index is 13.0. The molecule has 3 aromatic rings. The third-order valence-electron chi connectivity index (χ3n) is 4.64. The Kier molecular flexibility index (Phi) is 4.44. The summed E-state index contributed by atoms with van der Waals surface area (Å²) in [6, 6.07) is 6.12. The van der Waals surface area contributed by atoms with E-state index >= 15 is 0 Å². The van der Waals surface area contributed by atoms with Gasteiger partial charge in [-0.05, 0) is 31.0 Å². The fourth-order valence-corrected chi connectivity index (χ4v) is 4.62. The molecule has 0 radical (unpaired) electrons. The third kappa shape index (κ3) is 3.33. The standard InChI is InChI=1S/C17H18N4O5S/c1-20-14-10-13(2-3-15(14)26-17(20)22)27(23,24)21-8-5-12(6-9-21)25-16-4-7-18-11-19-16/h2-4,7,10-12H,5-6,8-9H2,1H3. The first kappa shape index (κ1) is 17.7. The maximum Gasteiger partial charge on any atom is 0.419 e. The minimum atomic E-state index is -3.66. The molecule has 0 N–H and O–H groups in total. The average Bonchev–Trinajstić information content (AvgIpc) is 2.97. The molecule has 4 rings (SSSR count). The van der Waals surface area contributed by atoms with Crippen LogP contribution in [0.4, 0.5) is 0 Å². The first-order valence-corrected chi connectivity index (χ1v) is 9.91. The number of sulfonamides is 1. The van der Waals surface area contributed by atoms with Crippen molar-refractivity contribution < 1.29 is 17.6 Å². The van der Waals surface area contributed by atoms with E-state index in [1.165, 1.54) is 33.4 Å². The molecule has 0 aliphatic carbocycles. The highest BCUT2D eigenvalue weighted by molar-refractivity contribution is 7.89. The summed E-state index contributed by atoms with van der Waals surface area (Å²) in [7, 11) is -2.12. The molecule has 1 saturated heterocycles. The molecule has 0 unspecified atom stereocenters. The predicted octanol–water partition coefficient (Wildman–Crippen LogP) is 1.15. The van der Waals surface area contributed by atoms with Gasteiger partial charge in [-0.1, -0.05) is 0 Å². The zero-order chi connectivity index (χ0) is 19.0. The summed E-state index contributed by atoms with van der Waals surface area (Å²) in [5.41, 5.74) is 0.807. The van der Waals surface area contributed by atoms with Crippen LogP contribution in [0.1, 0.15) is 12.8 Å². The van der Waals surface area contributed by atoms with Crippen LogP contribution in [-0.2, 0) is 17.1 Å². The Hall–Kier alpha value is -2.72. The molecule has 1 aliphatic rings. The molecule has 0 spiro atoms. The number of hydrogen-bond acceptors (Lipinski definition) is 7. The summed E-state index contributed by atoms with van der Waals surface area (Å²) in [6.45, 7) is 0.695. The molecule has 0 saturated carbocycles. The summed E-state index contributed by atoms with van der Waals surface area (Å²) < 4.78 is 39.5. The van der Waals surface area contributed by atoms with Crippen molar-refractivity contribution in [3.05, 3.63) is 47.3 Å². The van der Waals surface area contributed by atoms with E-state index in [2.05, 4.69) is 9.97 Å². The molecule has 142 valence electrons. The molecule has 2 aromatic heterocycles. The van der Waals surface area contributed by atoms with Crippen molar-refractivity contribution in [1.82, 2.24) is 18.8 Å². The molecule has 27 heavy (non-hydrogen) atoms. The lowest BCUT2D eigenvalue weighted by Gasteiger charge is -2.31. The van der Waals surface area contributed by atoms with Gasteiger partial charge in [-0.25, -0.2) is 23.2 Å². The largest absolute Gasteiger partial charge is 0.474 e. The molecule has 1 fully saturated rings. The lowest BCUT2D eigenvalue weighted by atomic mass is 10.1. The maximum atomic E-state index is 13.0. The second-order valence-corrected chi connectivity index (χ2v) is 8.26. The van der Waals surface area contributed by atoms with Gasteiger partial charge in [0.25, 0.3) is 0 Å². The van der Waals surface area contributed by atoms with Crippen LogP contribution in [0.2, 0.25) is 0 Å². The second-order valence-electron chi connectivity index (χ2n) is 6.33. The Bertz CT molecular complexity index is 1120. The van der Waals surface area contributed by atoms with Crippen molar-refractivity contribution in [1.29, 1.82) is 0 Å².